The second kappa shape index (κ2) is 2.55. The maximum absolute atomic E-state index is 8.55. The van der Waals surface area contributed by atoms with Gasteiger partial charge in [-0.15, -0.1) is 0 Å². The fourth-order valence-corrected chi connectivity index (χ4v) is 0.820. The van der Waals surface area contributed by atoms with Gasteiger partial charge in [0.05, 0.1) is 0 Å². The molecule has 44 valence electrons. The minimum atomic E-state index is -1.49. The topological polar surface area (TPSA) is 40.5 Å². The lowest BCUT2D eigenvalue weighted by atomic mass is 10.4. The van der Waals surface area contributed by atoms with Crippen LogP contribution >= 0.6 is 11.8 Å². The summed E-state index contributed by atoms with van der Waals surface area (Å²) in [4.78, 5) is 0. The highest BCUT2D eigenvalue weighted by atomic mass is 32.2. The van der Waals surface area contributed by atoms with Gasteiger partial charge in [0.2, 0.25) is 0 Å². The number of thioether (sulfide) groups is 1. The van der Waals surface area contributed by atoms with Gasteiger partial charge in [-0.3, -0.25) is 0 Å². The maximum Gasteiger partial charge on any atom is 0.168 e. The molecule has 0 aliphatic heterocycles. The van der Waals surface area contributed by atoms with Crippen LogP contribution in [0.2, 0.25) is 0 Å². The lowest BCUT2D eigenvalue weighted by Crippen LogP contribution is -2.25. The molecule has 0 aromatic rings. The van der Waals surface area contributed by atoms with Crippen molar-refractivity contribution in [1.82, 2.24) is 0 Å². The molecule has 0 radical (unpaired) electrons. The van der Waals surface area contributed by atoms with Crippen LogP contribution < -0.4 is 0 Å². The smallest absolute Gasteiger partial charge is 0.168 e. The fourth-order valence-electron chi connectivity index (χ4n) is 0.273. The largest absolute Gasteiger partial charge is 0.365 e. The standard InChI is InChI=1S/C4H10O2S/c1-4(5,6)3-7-2/h5-6H,3H2,1-2H3. The Balaban J connectivity index is 3.15. The number of hydrogen-bond acceptors (Lipinski definition) is 3. The van der Waals surface area contributed by atoms with Gasteiger partial charge >= 0.3 is 0 Å². The molecule has 0 rings (SSSR count). The Kier molecular flexibility index (Phi) is 2.64. The monoisotopic (exact) mass is 122 g/mol. The van der Waals surface area contributed by atoms with Crippen LogP contribution in [0.25, 0.3) is 0 Å². The predicted molar refractivity (Wildman–Crippen MR) is 31.2 cm³/mol. The molecule has 2 N–H and O–H groups in total. The van der Waals surface area contributed by atoms with Crippen LogP contribution in [0.3, 0.4) is 0 Å². The zero-order chi connectivity index (χ0) is 5.91. The van der Waals surface area contributed by atoms with Gasteiger partial charge in [-0.05, 0) is 13.2 Å². The van der Waals surface area contributed by atoms with E-state index in [1.165, 1.54) is 18.7 Å². The van der Waals surface area contributed by atoms with Crippen LogP contribution in [-0.2, 0) is 0 Å². The van der Waals surface area contributed by atoms with Gasteiger partial charge in [0.1, 0.15) is 0 Å². The van der Waals surface area contributed by atoms with Crippen molar-refractivity contribution in [2.45, 2.75) is 12.7 Å². The van der Waals surface area contributed by atoms with Crippen LogP contribution in [0, 0.1) is 0 Å². The molecule has 2 nitrogen and oxygen atoms in total. The zero-order valence-electron chi connectivity index (χ0n) is 4.51. The molecule has 0 aliphatic rings. The van der Waals surface area contributed by atoms with E-state index in [1.54, 1.807) is 0 Å². The third-order valence-electron chi connectivity index (χ3n) is 0.418. The first kappa shape index (κ1) is 7.27. The average Bonchev–Trinajstić information content (AvgIpc) is 1.30. The van der Waals surface area contributed by atoms with Gasteiger partial charge < -0.3 is 10.2 Å². The predicted octanol–water partition coefficient (Wildman–Crippen LogP) is 0.0502. The van der Waals surface area contributed by atoms with Crippen LogP contribution in [0.15, 0.2) is 0 Å². The van der Waals surface area contributed by atoms with Crippen molar-refractivity contribution in [3.63, 3.8) is 0 Å². The van der Waals surface area contributed by atoms with Gasteiger partial charge in [-0.2, -0.15) is 11.8 Å². The quantitative estimate of drug-likeness (QED) is 0.508. The summed E-state index contributed by atoms with van der Waals surface area (Å²) in [6, 6.07) is 0. The summed E-state index contributed by atoms with van der Waals surface area (Å²) in [5.74, 6) is -1.12. The van der Waals surface area contributed by atoms with E-state index in [0.717, 1.165) is 0 Å². The molecular weight excluding hydrogens is 112 g/mol. The van der Waals surface area contributed by atoms with Crippen LogP contribution in [0.4, 0.5) is 0 Å². The Labute approximate surface area is 47.5 Å². The lowest BCUT2D eigenvalue weighted by Gasteiger charge is -2.12. The van der Waals surface area contributed by atoms with E-state index in [0.29, 0.717) is 5.75 Å². The Morgan fingerprint density at radius 2 is 2.00 bits per heavy atom. The van der Waals surface area contributed by atoms with Crippen molar-refractivity contribution < 1.29 is 10.2 Å². The molecule has 0 unspecified atom stereocenters. The minimum absolute atomic E-state index is 0.368. The Hall–Kier alpha value is 0.270. The molecule has 0 atom stereocenters. The number of aliphatic hydroxyl groups is 2. The van der Waals surface area contributed by atoms with E-state index in [9.17, 15) is 0 Å². The van der Waals surface area contributed by atoms with Gasteiger partial charge in [-0.25, -0.2) is 0 Å². The molecule has 0 aliphatic carbocycles. The van der Waals surface area contributed by atoms with Crippen molar-refractivity contribution in [1.29, 1.82) is 0 Å². The second-order valence-electron chi connectivity index (χ2n) is 1.65. The molecule has 0 fully saturated rings. The molecule has 0 saturated carbocycles. The second-order valence-corrected chi connectivity index (χ2v) is 2.52. The molecule has 7 heavy (non-hydrogen) atoms. The van der Waals surface area contributed by atoms with Gasteiger partial charge in [0, 0.05) is 5.75 Å². The molecule has 0 heterocycles. The van der Waals surface area contributed by atoms with Crippen LogP contribution in [0.1, 0.15) is 6.92 Å². The summed E-state index contributed by atoms with van der Waals surface area (Å²) in [5.41, 5.74) is 0. The normalized spacial score (nSPS) is 12.0. The van der Waals surface area contributed by atoms with E-state index < -0.39 is 5.79 Å². The number of rotatable bonds is 2. The Morgan fingerprint density at radius 3 is 2.00 bits per heavy atom. The van der Waals surface area contributed by atoms with Crippen LogP contribution in [-0.4, -0.2) is 28.0 Å². The highest BCUT2D eigenvalue weighted by Gasteiger charge is 2.11. The highest BCUT2D eigenvalue weighted by Crippen LogP contribution is 2.04. The minimum Gasteiger partial charge on any atom is -0.365 e. The van der Waals surface area contributed by atoms with E-state index >= 15 is 0 Å². The molecule has 0 aromatic heterocycles. The Morgan fingerprint density at radius 1 is 1.57 bits per heavy atom. The van der Waals surface area contributed by atoms with Crippen molar-refractivity contribution in [2.75, 3.05) is 12.0 Å². The number of hydrogen-bond donors (Lipinski definition) is 2. The van der Waals surface area contributed by atoms with Crippen molar-refractivity contribution in [3.05, 3.63) is 0 Å². The molecule has 0 amide bonds. The van der Waals surface area contributed by atoms with Crippen molar-refractivity contribution >= 4 is 11.8 Å². The first-order chi connectivity index (χ1) is 3.06. The summed E-state index contributed by atoms with van der Waals surface area (Å²) in [7, 11) is 0. The van der Waals surface area contributed by atoms with Crippen molar-refractivity contribution in [2.24, 2.45) is 0 Å². The first-order valence-corrected chi connectivity index (χ1v) is 3.39. The summed E-state index contributed by atoms with van der Waals surface area (Å²) >= 11 is 1.41. The van der Waals surface area contributed by atoms with E-state index in [2.05, 4.69) is 0 Å². The molecule has 0 aromatic carbocycles. The lowest BCUT2D eigenvalue weighted by molar-refractivity contribution is -0.123. The molecule has 3 heteroatoms. The van der Waals surface area contributed by atoms with Gasteiger partial charge in [-0.1, -0.05) is 0 Å². The summed E-state index contributed by atoms with van der Waals surface area (Å²) in [5, 5.41) is 17.1. The fraction of sp³-hybridized carbons (Fsp3) is 1.00. The zero-order valence-corrected chi connectivity index (χ0v) is 5.33. The third kappa shape index (κ3) is 6.27. The van der Waals surface area contributed by atoms with Crippen LogP contribution in [0.5, 0.6) is 0 Å². The summed E-state index contributed by atoms with van der Waals surface area (Å²) in [6.07, 6.45) is 1.82. The van der Waals surface area contributed by atoms with Gasteiger partial charge in [0.15, 0.2) is 5.79 Å². The highest BCUT2D eigenvalue weighted by molar-refractivity contribution is 7.98. The molecule has 0 bridgehead atoms. The molecule has 0 saturated heterocycles. The Bertz CT molecular complexity index is 48.1. The van der Waals surface area contributed by atoms with Gasteiger partial charge in [0.25, 0.3) is 0 Å². The third-order valence-corrected chi connectivity index (χ3v) is 1.25. The first-order valence-electron chi connectivity index (χ1n) is 2.00. The SMILES string of the molecule is CSCC(C)(O)O. The maximum atomic E-state index is 8.55. The summed E-state index contributed by atoms with van der Waals surface area (Å²) in [6.45, 7) is 1.36. The molecule has 0 spiro atoms. The summed E-state index contributed by atoms with van der Waals surface area (Å²) < 4.78 is 0. The average molecular weight is 122 g/mol. The van der Waals surface area contributed by atoms with Crippen molar-refractivity contribution in [3.8, 4) is 0 Å². The van der Waals surface area contributed by atoms with E-state index in [1.807, 2.05) is 6.26 Å². The van der Waals surface area contributed by atoms with E-state index in [-0.39, 0.29) is 0 Å². The van der Waals surface area contributed by atoms with E-state index in [4.69, 9.17) is 10.2 Å². The molecular formula is C4H10O2S.